The number of phosphoric ester groups is 2. The Bertz CT molecular complexity index is 1840. The summed E-state index contributed by atoms with van der Waals surface area (Å²) in [5, 5.41) is 11.2. The molecule has 0 saturated carbocycles. The highest BCUT2D eigenvalue weighted by Gasteiger charge is 2.54. The van der Waals surface area contributed by atoms with Gasteiger partial charge in [0.15, 0.2) is 35.4 Å². The summed E-state index contributed by atoms with van der Waals surface area (Å²) in [6.45, 7) is -1.43. The molecule has 10 atom stereocenters. The van der Waals surface area contributed by atoms with Crippen LogP contribution in [0.5, 0.6) is 0 Å². The van der Waals surface area contributed by atoms with Crippen molar-refractivity contribution in [1.29, 1.82) is 0 Å². The maximum Gasteiger partial charge on any atom is 0.472 e. The Kier molecular flexibility index (Phi) is 7.59. The van der Waals surface area contributed by atoms with Crippen molar-refractivity contribution >= 4 is 49.6 Å². The number of aromatic nitrogens is 8. The summed E-state index contributed by atoms with van der Waals surface area (Å²) < 4.78 is 68.0. The van der Waals surface area contributed by atoms with Gasteiger partial charge in [-0.05, 0) is 0 Å². The lowest BCUT2D eigenvalue weighted by Gasteiger charge is -2.28. The normalized spacial score (nSPS) is 37.7. The van der Waals surface area contributed by atoms with Crippen molar-refractivity contribution in [3.8, 4) is 0 Å². The predicted molar refractivity (Wildman–Crippen MR) is 145 cm³/mol. The number of hydrogen-bond acceptors (Lipinski definition) is 18. The summed E-state index contributed by atoms with van der Waals surface area (Å²) >= 11 is 0. The van der Waals surface area contributed by atoms with Crippen LogP contribution < -0.4 is 11.5 Å². The van der Waals surface area contributed by atoms with Crippen LogP contribution in [0.25, 0.3) is 22.3 Å². The van der Waals surface area contributed by atoms with Crippen LogP contribution in [0.3, 0.4) is 0 Å². The monoisotopic (exact) mass is 672 g/mol. The molecular formula is C21H26N10O12P2. The molecule has 7 rings (SSSR count). The number of aliphatic hydroxyl groups excluding tert-OH is 1. The van der Waals surface area contributed by atoms with Crippen LogP contribution in [0, 0.1) is 0 Å². The van der Waals surface area contributed by atoms with Crippen LogP contribution >= 0.6 is 15.6 Å². The van der Waals surface area contributed by atoms with Crippen LogP contribution in [0.2, 0.25) is 0 Å². The zero-order chi connectivity index (χ0) is 31.7. The topological polar surface area (TPSA) is 299 Å². The van der Waals surface area contributed by atoms with E-state index >= 15 is 0 Å². The molecule has 2 unspecified atom stereocenters. The second kappa shape index (κ2) is 11.2. The molecule has 0 bridgehead atoms. The molecule has 0 aliphatic carbocycles. The Hall–Kier alpha value is -3.24. The number of phosphoric acid groups is 2. The van der Waals surface area contributed by atoms with Crippen molar-refractivity contribution in [1.82, 2.24) is 39.0 Å². The first-order valence-electron chi connectivity index (χ1n) is 13.2. The molecule has 242 valence electrons. The van der Waals surface area contributed by atoms with Gasteiger partial charge in [0.1, 0.15) is 60.3 Å². The standard InChI is InChI=1S/C21H26N10O12P2/c1-37-15-14-9(41-21(15)31-7-29-11-17(23)25-5-27-19(11)31)3-39-44(33,34)42-13-8(2-38-45(35,36)43-14)40-20(12(13)32)30-6-28-10-16(22)24-4-26-18(10)30/h4-9,12-15,20-21,32H,2-3H2,1H3,(H,33,34)(H,35,36)(H2,22,24,26)(H2,23,25,27)/t8-,9-,12-,13-,14-,15-,20-,21-/m1/s1. The molecule has 4 aromatic rings. The molecule has 0 radical (unpaired) electrons. The third kappa shape index (κ3) is 5.37. The van der Waals surface area contributed by atoms with Crippen molar-refractivity contribution in [2.24, 2.45) is 0 Å². The van der Waals surface area contributed by atoms with Crippen molar-refractivity contribution in [3.63, 3.8) is 0 Å². The Labute approximate surface area is 251 Å². The molecule has 7 heterocycles. The Balaban J connectivity index is 1.18. The molecule has 3 saturated heterocycles. The molecule has 3 aliphatic heterocycles. The fourth-order valence-electron chi connectivity index (χ4n) is 5.47. The van der Waals surface area contributed by atoms with E-state index in [-0.39, 0.29) is 34.0 Å². The SMILES string of the molecule is CO[C@@H]1[C@@H]2OP(=O)(O)OC[C@H]3O[C@@H](n4cnc5c(N)ncnc54)[C@H](O)[C@@H]3OP(=O)(O)OC[C@H]2O[C@H]1n1cnc2c(N)ncnc21. The van der Waals surface area contributed by atoms with Crippen LogP contribution in [-0.4, -0.2) is 111 Å². The Morgan fingerprint density at radius 2 is 1.29 bits per heavy atom. The smallest absolute Gasteiger partial charge is 0.386 e. The maximum absolute atomic E-state index is 13.2. The molecule has 0 aromatic carbocycles. The average molecular weight is 672 g/mol. The van der Waals surface area contributed by atoms with Crippen LogP contribution in [0.4, 0.5) is 11.6 Å². The number of imidazole rings is 2. The maximum atomic E-state index is 13.2. The minimum Gasteiger partial charge on any atom is -0.386 e. The first-order valence-corrected chi connectivity index (χ1v) is 16.1. The lowest BCUT2D eigenvalue weighted by molar-refractivity contribution is -0.0666. The molecular weight excluding hydrogens is 646 g/mol. The van der Waals surface area contributed by atoms with Gasteiger partial charge in [-0.3, -0.25) is 27.2 Å². The van der Waals surface area contributed by atoms with Crippen molar-refractivity contribution in [2.45, 2.75) is 49.1 Å². The van der Waals surface area contributed by atoms with E-state index in [1.165, 1.54) is 41.6 Å². The summed E-state index contributed by atoms with van der Waals surface area (Å²) in [7, 11) is -8.61. The van der Waals surface area contributed by atoms with E-state index in [1.54, 1.807) is 0 Å². The van der Waals surface area contributed by atoms with Crippen LogP contribution in [-0.2, 0) is 41.4 Å². The first-order chi connectivity index (χ1) is 21.5. The number of fused-ring (bicyclic) bond motifs is 4. The van der Waals surface area contributed by atoms with Gasteiger partial charge in [0.05, 0.1) is 25.9 Å². The predicted octanol–water partition coefficient (Wildman–Crippen LogP) is -0.981. The minimum absolute atomic E-state index is 0.0620. The van der Waals surface area contributed by atoms with Gasteiger partial charge in [0, 0.05) is 7.11 Å². The molecule has 3 aliphatic rings. The molecule has 24 heteroatoms. The van der Waals surface area contributed by atoms with Gasteiger partial charge in [-0.15, -0.1) is 0 Å². The zero-order valence-electron chi connectivity index (χ0n) is 23.0. The van der Waals surface area contributed by atoms with Crippen molar-refractivity contribution in [3.05, 3.63) is 25.3 Å². The van der Waals surface area contributed by atoms with Gasteiger partial charge >= 0.3 is 15.6 Å². The van der Waals surface area contributed by atoms with E-state index in [0.29, 0.717) is 0 Å². The highest BCUT2D eigenvalue weighted by Crippen LogP contribution is 2.54. The first kappa shape index (κ1) is 30.4. The quantitative estimate of drug-likeness (QED) is 0.163. The average Bonchev–Trinajstić information content (AvgIpc) is 3.75. The summed E-state index contributed by atoms with van der Waals surface area (Å²) in [6.07, 6.45) is -5.87. The van der Waals surface area contributed by atoms with Gasteiger partial charge in [0.2, 0.25) is 0 Å². The van der Waals surface area contributed by atoms with E-state index in [0.717, 1.165) is 0 Å². The zero-order valence-corrected chi connectivity index (χ0v) is 24.8. The van der Waals surface area contributed by atoms with Crippen molar-refractivity contribution in [2.75, 3.05) is 31.8 Å². The van der Waals surface area contributed by atoms with E-state index < -0.39 is 77.9 Å². The Morgan fingerprint density at radius 1 is 0.800 bits per heavy atom. The third-order valence-electron chi connectivity index (χ3n) is 7.50. The summed E-state index contributed by atoms with van der Waals surface area (Å²) in [5.41, 5.74) is 12.6. The molecule has 7 N–H and O–H groups in total. The fourth-order valence-corrected chi connectivity index (χ4v) is 7.40. The van der Waals surface area contributed by atoms with E-state index in [4.69, 9.17) is 43.8 Å². The molecule has 45 heavy (non-hydrogen) atoms. The molecule has 3 fully saturated rings. The lowest BCUT2D eigenvalue weighted by Crippen LogP contribution is -2.39. The number of hydrogen-bond donors (Lipinski definition) is 5. The molecule has 4 aromatic heterocycles. The van der Waals surface area contributed by atoms with E-state index in [1.807, 2.05) is 0 Å². The van der Waals surface area contributed by atoms with Crippen molar-refractivity contribution < 1.29 is 56.3 Å². The Morgan fingerprint density at radius 3 is 1.84 bits per heavy atom. The number of aliphatic hydroxyl groups is 1. The summed E-state index contributed by atoms with van der Waals surface area (Å²) in [6, 6.07) is 0. The largest absolute Gasteiger partial charge is 0.472 e. The molecule has 0 spiro atoms. The number of nitrogen functional groups attached to an aromatic ring is 2. The lowest BCUT2D eigenvalue weighted by atomic mass is 10.1. The highest BCUT2D eigenvalue weighted by atomic mass is 31.2. The molecule has 0 amide bonds. The minimum atomic E-state index is -4.97. The number of rotatable bonds is 3. The third-order valence-corrected chi connectivity index (χ3v) is 9.47. The van der Waals surface area contributed by atoms with E-state index in [2.05, 4.69) is 29.9 Å². The number of anilines is 2. The second-order valence-corrected chi connectivity index (χ2v) is 13.0. The highest BCUT2D eigenvalue weighted by molar-refractivity contribution is 7.47. The number of methoxy groups -OCH3 is 1. The number of ether oxygens (including phenoxy) is 3. The fraction of sp³-hybridized carbons (Fsp3) is 0.524. The van der Waals surface area contributed by atoms with Gasteiger partial charge in [0.25, 0.3) is 0 Å². The van der Waals surface area contributed by atoms with Crippen LogP contribution in [0.1, 0.15) is 12.5 Å². The van der Waals surface area contributed by atoms with Crippen LogP contribution in [0.15, 0.2) is 25.3 Å². The van der Waals surface area contributed by atoms with Gasteiger partial charge < -0.3 is 40.6 Å². The molecule has 22 nitrogen and oxygen atoms in total. The second-order valence-electron chi connectivity index (χ2n) is 10.2. The van der Waals surface area contributed by atoms with Gasteiger partial charge in [-0.2, -0.15) is 0 Å². The summed E-state index contributed by atoms with van der Waals surface area (Å²) in [5.74, 6) is 0.158. The van der Waals surface area contributed by atoms with E-state index in [9.17, 15) is 24.0 Å². The summed E-state index contributed by atoms with van der Waals surface area (Å²) in [4.78, 5) is 45.8. The number of nitrogens with two attached hydrogens (primary N) is 2. The van der Waals surface area contributed by atoms with Gasteiger partial charge in [-0.1, -0.05) is 0 Å². The van der Waals surface area contributed by atoms with Gasteiger partial charge in [-0.25, -0.2) is 39.0 Å². The number of nitrogens with zero attached hydrogens (tertiary/aromatic N) is 8.